The van der Waals surface area contributed by atoms with Crippen LogP contribution < -0.4 is 0 Å². The van der Waals surface area contributed by atoms with Crippen molar-refractivity contribution in [2.75, 3.05) is 19.8 Å². The number of esters is 2. The van der Waals surface area contributed by atoms with Crippen molar-refractivity contribution in [1.82, 2.24) is 0 Å². The van der Waals surface area contributed by atoms with E-state index in [0.29, 0.717) is 6.61 Å². The highest BCUT2D eigenvalue weighted by Crippen LogP contribution is 2.05. The van der Waals surface area contributed by atoms with Crippen molar-refractivity contribution in [1.29, 1.82) is 0 Å². The molecule has 0 aliphatic rings. The molecular formula is C25H34O7. The molecule has 1 aromatic carbocycles. The first-order chi connectivity index (χ1) is 15.2. The van der Waals surface area contributed by atoms with Gasteiger partial charge in [-0.2, -0.15) is 0 Å². The fraction of sp³-hybridized carbons (Fsp3) is 0.320. The molecule has 176 valence electrons. The predicted molar refractivity (Wildman–Crippen MR) is 126 cm³/mol. The second-order valence-corrected chi connectivity index (χ2v) is 6.20. The molecule has 0 unspecified atom stereocenters. The van der Waals surface area contributed by atoms with E-state index >= 15 is 0 Å². The number of aliphatic hydroxyl groups is 1. The number of carboxylic acids is 1. The van der Waals surface area contributed by atoms with E-state index in [-0.39, 0.29) is 36.8 Å². The molecule has 0 aliphatic heterocycles. The van der Waals surface area contributed by atoms with Crippen molar-refractivity contribution >= 4 is 24.0 Å². The molecule has 2 N–H and O–H groups in total. The van der Waals surface area contributed by atoms with E-state index in [9.17, 15) is 14.4 Å². The number of carboxylic acid groups (broad SMARTS) is 1. The smallest absolute Gasteiger partial charge is 0.333 e. The maximum atomic E-state index is 11.1. The Hall–Kier alpha value is -3.45. The van der Waals surface area contributed by atoms with Gasteiger partial charge in [0, 0.05) is 17.2 Å². The number of aliphatic hydroxyl groups excluding tert-OH is 1. The van der Waals surface area contributed by atoms with Gasteiger partial charge in [0.2, 0.25) is 0 Å². The fourth-order valence-corrected chi connectivity index (χ4v) is 1.65. The third kappa shape index (κ3) is 18.6. The number of aliphatic carboxylic acids is 1. The van der Waals surface area contributed by atoms with Gasteiger partial charge in [-0.1, -0.05) is 75.6 Å². The lowest BCUT2D eigenvalue weighted by molar-refractivity contribution is -0.140. The molecule has 0 aromatic heterocycles. The Labute approximate surface area is 190 Å². The van der Waals surface area contributed by atoms with Gasteiger partial charge >= 0.3 is 17.9 Å². The van der Waals surface area contributed by atoms with Gasteiger partial charge in [-0.3, -0.25) is 0 Å². The number of unbranched alkanes of at least 4 members (excludes halogenated alkanes) is 1. The molecule has 0 heterocycles. The van der Waals surface area contributed by atoms with E-state index in [2.05, 4.69) is 29.2 Å². The van der Waals surface area contributed by atoms with E-state index in [1.165, 1.54) is 24.6 Å². The van der Waals surface area contributed by atoms with Crippen molar-refractivity contribution in [3.05, 3.63) is 78.9 Å². The largest absolute Gasteiger partial charge is 0.478 e. The van der Waals surface area contributed by atoms with Gasteiger partial charge in [-0.25, -0.2) is 14.4 Å². The molecule has 7 heteroatoms. The summed E-state index contributed by atoms with van der Waals surface area (Å²) in [6.07, 6.45) is 6.49. The Bertz CT molecular complexity index is 749. The third-order valence-corrected chi connectivity index (χ3v) is 3.55. The van der Waals surface area contributed by atoms with Crippen molar-refractivity contribution in [3.63, 3.8) is 0 Å². The lowest BCUT2D eigenvalue weighted by Crippen LogP contribution is -2.10. The lowest BCUT2D eigenvalue weighted by Gasteiger charge is -2.03. The molecule has 0 atom stereocenters. The summed E-state index contributed by atoms with van der Waals surface area (Å²) in [5, 5.41) is 16.9. The monoisotopic (exact) mass is 446 g/mol. The third-order valence-electron chi connectivity index (χ3n) is 3.55. The number of hydrogen-bond donors (Lipinski definition) is 2. The molecule has 0 spiro atoms. The minimum absolute atomic E-state index is 0.0838. The minimum Gasteiger partial charge on any atom is -0.478 e. The molecule has 0 aliphatic carbocycles. The average molecular weight is 447 g/mol. The Morgan fingerprint density at radius 1 is 1.06 bits per heavy atom. The Morgan fingerprint density at radius 2 is 1.69 bits per heavy atom. The van der Waals surface area contributed by atoms with Crippen LogP contribution in [0.25, 0.3) is 6.08 Å². The number of ether oxygens (including phenoxy) is 2. The molecule has 0 saturated heterocycles. The second kappa shape index (κ2) is 20.8. The minimum atomic E-state index is -1.04. The summed E-state index contributed by atoms with van der Waals surface area (Å²) in [4.78, 5) is 31.8. The van der Waals surface area contributed by atoms with E-state index in [1.807, 2.05) is 43.3 Å². The number of benzene rings is 1. The van der Waals surface area contributed by atoms with Crippen molar-refractivity contribution in [3.8, 4) is 0 Å². The summed E-state index contributed by atoms with van der Waals surface area (Å²) >= 11 is 0. The molecule has 1 aromatic rings. The maximum absolute atomic E-state index is 11.1. The number of hydrogen-bond acceptors (Lipinski definition) is 6. The highest BCUT2D eigenvalue weighted by atomic mass is 16.5. The summed E-state index contributed by atoms with van der Waals surface area (Å²) in [5.41, 5.74) is 1.47. The summed E-state index contributed by atoms with van der Waals surface area (Å²) in [6, 6.07) is 10.0. The molecule has 1 rings (SSSR count). The Morgan fingerprint density at radius 3 is 2.12 bits per heavy atom. The van der Waals surface area contributed by atoms with Crippen LogP contribution in [0.3, 0.4) is 0 Å². The van der Waals surface area contributed by atoms with Crippen LogP contribution in [0.1, 0.15) is 38.7 Å². The normalized spacial score (nSPS) is 9.66. The molecule has 0 amide bonds. The second-order valence-electron chi connectivity index (χ2n) is 6.20. The topological polar surface area (TPSA) is 110 Å². The number of carbonyl (C=O) groups excluding carboxylic acids is 2. The molecule has 0 saturated carbocycles. The van der Waals surface area contributed by atoms with Gasteiger partial charge in [0.15, 0.2) is 0 Å². The zero-order valence-electron chi connectivity index (χ0n) is 18.9. The van der Waals surface area contributed by atoms with Gasteiger partial charge in [-0.05, 0) is 25.3 Å². The van der Waals surface area contributed by atoms with Crippen LogP contribution >= 0.6 is 0 Å². The van der Waals surface area contributed by atoms with E-state index in [0.717, 1.165) is 12.8 Å². The number of carbonyl (C=O) groups is 3. The molecule has 0 radical (unpaired) electrons. The van der Waals surface area contributed by atoms with Crippen LogP contribution in [-0.4, -0.2) is 47.9 Å². The summed E-state index contributed by atoms with van der Waals surface area (Å²) in [7, 11) is 0. The van der Waals surface area contributed by atoms with Crippen molar-refractivity contribution in [2.45, 2.75) is 33.1 Å². The predicted octanol–water partition coefficient (Wildman–Crippen LogP) is 4.34. The van der Waals surface area contributed by atoms with Crippen LogP contribution in [0, 0.1) is 0 Å². The first-order valence-corrected chi connectivity index (χ1v) is 10.1. The summed E-state index contributed by atoms with van der Waals surface area (Å²) in [6.45, 7) is 14.0. The zero-order chi connectivity index (χ0) is 24.8. The van der Waals surface area contributed by atoms with Crippen LogP contribution in [0.15, 0.2) is 73.4 Å². The van der Waals surface area contributed by atoms with Crippen molar-refractivity contribution < 1.29 is 34.1 Å². The number of allylic oxidation sites excluding steroid dienone is 1. The van der Waals surface area contributed by atoms with Crippen LogP contribution in [0.2, 0.25) is 0 Å². The Kier molecular flexibility index (Phi) is 20.0. The van der Waals surface area contributed by atoms with Gasteiger partial charge in [0.05, 0.1) is 13.2 Å². The summed E-state index contributed by atoms with van der Waals surface area (Å²) in [5.74, 6) is -1.99. The quantitative estimate of drug-likeness (QED) is 0.295. The number of rotatable bonds is 11. The van der Waals surface area contributed by atoms with E-state index < -0.39 is 11.9 Å². The summed E-state index contributed by atoms with van der Waals surface area (Å²) < 4.78 is 9.26. The van der Waals surface area contributed by atoms with Crippen LogP contribution in [0.4, 0.5) is 0 Å². The van der Waals surface area contributed by atoms with Crippen molar-refractivity contribution in [2.24, 2.45) is 0 Å². The lowest BCUT2D eigenvalue weighted by atomic mass is 10.1. The standard InChI is InChI=1S/C10H14O5.C8H8.C7H12O2/c1-7(9(12)13)3-4-8(2)10(14)15-6-5-11;1-2-8-6-4-3-5-7-8;1-3-5-6-9-7(8)4-2/h3,11H,2,4-6H2,1H3,(H,12,13);2-7H,1H2;4H,2-3,5-6H2,1H3. The first-order valence-electron chi connectivity index (χ1n) is 10.1. The average Bonchev–Trinajstić information content (AvgIpc) is 2.81. The SMILES string of the molecule is C=C(CC=C(C)C(=O)O)C(=O)OCCO.C=CC(=O)OCCCC.C=Cc1ccccc1. The highest BCUT2D eigenvalue weighted by Gasteiger charge is 2.07. The van der Waals surface area contributed by atoms with Crippen LogP contribution in [0.5, 0.6) is 0 Å². The van der Waals surface area contributed by atoms with Gasteiger partial charge in [0.25, 0.3) is 0 Å². The van der Waals surface area contributed by atoms with Gasteiger partial charge < -0.3 is 19.7 Å². The van der Waals surface area contributed by atoms with E-state index in [1.54, 1.807) is 0 Å². The Balaban J connectivity index is 0. The molecule has 0 bridgehead atoms. The highest BCUT2D eigenvalue weighted by molar-refractivity contribution is 5.89. The van der Waals surface area contributed by atoms with Crippen LogP contribution in [-0.2, 0) is 23.9 Å². The fourth-order valence-electron chi connectivity index (χ4n) is 1.65. The van der Waals surface area contributed by atoms with Gasteiger partial charge in [0.1, 0.15) is 6.61 Å². The molecule has 0 fully saturated rings. The van der Waals surface area contributed by atoms with Gasteiger partial charge in [-0.15, -0.1) is 0 Å². The molecular weight excluding hydrogens is 412 g/mol. The molecule has 7 nitrogen and oxygen atoms in total. The zero-order valence-corrected chi connectivity index (χ0v) is 18.9. The van der Waals surface area contributed by atoms with E-state index in [4.69, 9.17) is 10.2 Å². The first kappa shape index (κ1) is 30.7. The molecule has 32 heavy (non-hydrogen) atoms. The maximum Gasteiger partial charge on any atom is 0.333 e.